The Hall–Kier alpha value is -0.910. The Morgan fingerprint density at radius 2 is 2.12 bits per heavy atom. The summed E-state index contributed by atoms with van der Waals surface area (Å²) in [6.07, 6.45) is 3.01. The van der Waals surface area contributed by atoms with Gasteiger partial charge in [-0.2, -0.15) is 11.8 Å². The number of carbonyl (C=O) groups is 2. The van der Waals surface area contributed by atoms with Gasteiger partial charge in [0.05, 0.1) is 0 Å². The maximum Gasteiger partial charge on any atom is 0.323 e. The molecule has 0 aromatic rings. The summed E-state index contributed by atoms with van der Waals surface area (Å²) < 4.78 is 0. The van der Waals surface area contributed by atoms with Crippen molar-refractivity contribution in [3.8, 4) is 0 Å². The van der Waals surface area contributed by atoms with Crippen LogP contribution in [-0.4, -0.2) is 52.6 Å². The van der Waals surface area contributed by atoms with Gasteiger partial charge in [-0.1, -0.05) is 0 Å². The highest BCUT2D eigenvalue weighted by atomic mass is 32.2. The van der Waals surface area contributed by atoms with Crippen molar-refractivity contribution in [2.75, 3.05) is 24.6 Å². The van der Waals surface area contributed by atoms with Gasteiger partial charge in [0.1, 0.15) is 6.54 Å². The number of rotatable bonds is 5. The Kier molecular flexibility index (Phi) is 4.15. The highest BCUT2D eigenvalue weighted by Gasteiger charge is 2.34. The fourth-order valence-electron chi connectivity index (χ4n) is 1.98. The zero-order chi connectivity index (χ0) is 12.3. The molecule has 2 rings (SSSR count). The van der Waals surface area contributed by atoms with Crippen LogP contribution < -0.4 is 5.32 Å². The first kappa shape index (κ1) is 12.5. The second-order valence-corrected chi connectivity index (χ2v) is 5.82. The van der Waals surface area contributed by atoms with Gasteiger partial charge in [-0.3, -0.25) is 4.79 Å². The van der Waals surface area contributed by atoms with Crippen molar-refractivity contribution in [1.82, 2.24) is 10.2 Å². The molecule has 17 heavy (non-hydrogen) atoms. The number of nitrogens with zero attached hydrogens (tertiary/aromatic N) is 1. The molecule has 0 spiro atoms. The molecule has 1 unspecified atom stereocenters. The van der Waals surface area contributed by atoms with Crippen molar-refractivity contribution in [1.29, 1.82) is 0 Å². The van der Waals surface area contributed by atoms with Gasteiger partial charge in [-0.05, 0) is 36.7 Å². The van der Waals surface area contributed by atoms with E-state index < -0.39 is 5.97 Å². The van der Waals surface area contributed by atoms with Crippen LogP contribution in [0.4, 0.5) is 4.79 Å². The first-order valence-corrected chi connectivity index (χ1v) is 7.16. The summed E-state index contributed by atoms with van der Waals surface area (Å²) in [5, 5.41) is 11.6. The highest BCUT2D eigenvalue weighted by Crippen LogP contribution is 2.27. The van der Waals surface area contributed by atoms with E-state index in [1.54, 1.807) is 0 Å². The lowest BCUT2D eigenvalue weighted by atomic mass is 10.1. The summed E-state index contributed by atoms with van der Waals surface area (Å²) in [6.45, 7) is 0.491. The van der Waals surface area contributed by atoms with Crippen LogP contribution in [0.5, 0.6) is 0 Å². The Bertz CT molecular complexity index is 301. The number of hydrogen-bond acceptors (Lipinski definition) is 3. The van der Waals surface area contributed by atoms with Gasteiger partial charge in [0.25, 0.3) is 0 Å². The van der Waals surface area contributed by atoms with Crippen LogP contribution in [0.25, 0.3) is 0 Å². The third kappa shape index (κ3) is 3.80. The van der Waals surface area contributed by atoms with Crippen LogP contribution in [-0.2, 0) is 4.79 Å². The monoisotopic (exact) mass is 258 g/mol. The molecule has 5 nitrogen and oxygen atoms in total. The van der Waals surface area contributed by atoms with E-state index in [2.05, 4.69) is 5.32 Å². The van der Waals surface area contributed by atoms with Gasteiger partial charge in [0.15, 0.2) is 0 Å². The molecule has 0 aromatic heterocycles. The van der Waals surface area contributed by atoms with Crippen LogP contribution in [0.1, 0.15) is 19.3 Å². The lowest BCUT2D eigenvalue weighted by Crippen LogP contribution is -2.45. The van der Waals surface area contributed by atoms with E-state index in [-0.39, 0.29) is 18.6 Å². The average Bonchev–Trinajstić information content (AvgIpc) is 2.99. The van der Waals surface area contributed by atoms with E-state index in [1.165, 1.54) is 10.7 Å². The predicted molar refractivity (Wildman–Crippen MR) is 66.2 cm³/mol. The summed E-state index contributed by atoms with van der Waals surface area (Å²) in [5.74, 6) is 1.88. The number of carboxylic acid groups (broad SMARTS) is 1. The molecule has 0 bridgehead atoms. The molecule has 0 radical (unpaired) electrons. The van der Waals surface area contributed by atoms with Gasteiger partial charge < -0.3 is 15.3 Å². The highest BCUT2D eigenvalue weighted by molar-refractivity contribution is 7.99. The quantitative estimate of drug-likeness (QED) is 0.772. The molecule has 0 aromatic carbocycles. The van der Waals surface area contributed by atoms with Gasteiger partial charge >= 0.3 is 12.0 Å². The number of nitrogens with one attached hydrogen (secondary N) is 1. The van der Waals surface area contributed by atoms with E-state index in [1.807, 2.05) is 11.8 Å². The van der Waals surface area contributed by atoms with Crippen molar-refractivity contribution >= 4 is 23.8 Å². The van der Waals surface area contributed by atoms with Crippen LogP contribution >= 0.6 is 11.8 Å². The lowest BCUT2D eigenvalue weighted by Gasteiger charge is -2.21. The molecule has 96 valence electrons. The summed E-state index contributed by atoms with van der Waals surface area (Å²) in [4.78, 5) is 24.0. The number of hydrogen-bond donors (Lipinski definition) is 2. The van der Waals surface area contributed by atoms with Crippen LogP contribution in [0.2, 0.25) is 0 Å². The third-order valence-electron chi connectivity index (χ3n) is 3.12. The van der Waals surface area contributed by atoms with Crippen LogP contribution in [0.15, 0.2) is 0 Å². The van der Waals surface area contributed by atoms with Gasteiger partial charge in [-0.25, -0.2) is 4.79 Å². The van der Waals surface area contributed by atoms with Crippen molar-refractivity contribution in [3.05, 3.63) is 0 Å². The molecule has 2 N–H and O–H groups in total. The molecule has 1 saturated heterocycles. The normalized spacial score (nSPS) is 23.4. The van der Waals surface area contributed by atoms with Gasteiger partial charge in [0.2, 0.25) is 0 Å². The maximum atomic E-state index is 11.9. The van der Waals surface area contributed by atoms with E-state index in [9.17, 15) is 9.59 Å². The Morgan fingerprint density at radius 3 is 2.65 bits per heavy atom. The van der Waals surface area contributed by atoms with Crippen molar-refractivity contribution < 1.29 is 14.7 Å². The number of carbonyl (C=O) groups excluding carboxylic acids is 1. The maximum absolute atomic E-state index is 11.9. The first-order chi connectivity index (χ1) is 8.16. The Balaban J connectivity index is 1.77. The standard InChI is InChI=1S/C11H18N2O3S/c14-10(15)6-13(9-1-2-9)11(16)12-5-8-3-4-17-7-8/h8-9H,1-7H2,(H,12,16)(H,14,15). The topological polar surface area (TPSA) is 69.6 Å². The van der Waals surface area contributed by atoms with Gasteiger partial charge in [0, 0.05) is 12.6 Å². The van der Waals surface area contributed by atoms with Crippen LogP contribution in [0.3, 0.4) is 0 Å². The molecule has 2 fully saturated rings. The van der Waals surface area contributed by atoms with Crippen molar-refractivity contribution in [2.45, 2.75) is 25.3 Å². The minimum absolute atomic E-state index is 0.143. The number of aliphatic carboxylic acids is 1. The molecule has 1 aliphatic heterocycles. The van der Waals surface area contributed by atoms with Gasteiger partial charge in [-0.15, -0.1) is 0 Å². The SMILES string of the molecule is O=C(O)CN(C(=O)NCC1CCSC1)C1CC1. The van der Waals surface area contributed by atoms with E-state index in [4.69, 9.17) is 5.11 Å². The molecule has 2 aliphatic rings. The molecule has 1 atom stereocenters. The molecule has 6 heteroatoms. The third-order valence-corrected chi connectivity index (χ3v) is 4.35. The molecular formula is C11H18N2O3S. The summed E-state index contributed by atoms with van der Waals surface area (Å²) in [6, 6.07) is -0.0733. The second-order valence-electron chi connectivity index (χ2n) is 4.67. The fraction of sp³-hybridized carbons (Fsp3) is 0.818. The smallest absolute Gasteiger partial charge is 0.323 e. The summed E-state index contributed by atoms with van der Waals surface area (Å²) >= 11 is 1.91. The number of urea groups is 1. The van der Waals surface area contributed by atoms with Crippen LogP contribution in [0, 0.1) is 5.92 Å². The number of thioether (sulfide) groups is 1. The number of amides is 2. The number of carboxylic acids is 1. The molecule has 1 saturated carbocycles. The van der Waals surface area contributed by atoms with E-state index in [0.717, 1.165) is 25.0 Å². The first-order valence-electron chi connectivity index (χ1n) is 6.01. The Labute approximate surface area is 105 Å². The fourth-order valence-corrected chi connectivity index (χ4v) is 3.26. The van der Waals surface area contributed by atoms with Crippen molar-refractivity contribution in [2.24, 2.45) is 5.92 Å². The predicted octanol–water partition coefficient (Wildman–Crippen LogP) is 0.998. The van der Waals surface area contributed by atoms with E-state index >= 15 is 0 Å². The summed E-state index contributed by atoms with van der Waals surface area (Å²) in [7, 11) is 0. The molecular weight excluding hydrogens is 240 g/mol. The zero-order valence-electron chi connectivity index (χ0n) is 9.72. The van der Waals surface area contributed by atoms with Crippen molar-refractivity contribution in [3.63, 3.8) is 0 Å². The molecule has 2 amide bonds. The lowest BCUT2D eigenvalue weighted by molar-refractivity contribution is -0.137. The molecule has 1 heterocycles. The second kappa shape index (κ2) is 5.62. The molecule has 1 aliphatic carbocycles. The van der Waals surface area contributed by atoms with E-state index in [0.29, 0.717) is 12.5 Å². The summed E-state index contributed by atoms with van der Waals surface area (Å²) in [5.41, 5.74) is 0. The minimum Gasteiger partial charge on any atom is -0.480 e. The minimum atomic E-state index is -0.941. The largest absolute Gasteiger partial charge is 0.480 e. The average molecular weight is 258 g/mol. The Morgan fingerprint density at radius 1 is 1.35 bits per heavy atom. The zero-order valence-corrected chi connectivity index (χ0v) is 10.5.